The summed E-state index contributed by atoms with van der Waals surface area (Å²) in [6, 6.07) is 9.88. The van der Waals surface area contributed by atoms with Crippen molar-refractivity contribution in [2.24, 2.45) is 5.92 Å². The second kappa shape index (κ2) is 9.53. The van der Waals surface area contributed by atoms with Gasteiger partial charge in [0.25, 0.3) is 0 Å². The fourth-order valence-corrected chi connectivity index (χ4v) is 2.81. The fraction of sp³-hybridized carbons (Fsp3) is 0.611. The van der Waals surface area contributed by atoms with Crippen molar-refractivity contribution in [2.45, 2.75) is 52.0 Å². The number of ether oxygens (including phenoxy) is 3. The Bertz CT molecular complexity index is 453. The molecule has 0 aliphatic heterocycles. The van der Waals surface area contributed by atoms with Crippen LogP contribution in [0, 0.1) is 5.92 Å². The number of alkyl carbamates (subject to hydrolysis) is 1. The van der Waals surface area contributed by atoms with Gasteiger partial charge in [-0.05, 0) is 38.2 Å². The maximum Gasteiger partial charge on any atom is 0.407 e. The Hall–Kier alpha value is -1.59. The SMILES string of the molecule is CCOC(CC1CC(NC(=O)OCc2ccccc2)C1)OCC. The minimum Gasteiger partial charge on any atom is -0.445 e. The van der Waals surface area contributed by atoms with Gasteiger partial charge >= 0.3 is 6.09 Å². The van der Waals surface area contributed by atoms with Crippen LogP contribution in [0.3, 0.4) is 0 Å². The highest BCUT2D eigenvalue weighted by Crippen LogP contribution is 2.32. The van der Waals surface area contributed by atoms with Crippen molar-refractivity contribution in [3.8, 4) is 0 Å². The van der Waals surface area contributed by atoms with Crippen molar-refractivity contribution < 1.29 is 19.0 Å². The van der Waals surface area contributed by atoms with Crippen LogP contribution in [-0.2, 0) is 20.8 Å². The molecule has 5 nitrogen and oxygen atoms in total. The normalized spacial score (nSPS) is 20.1. The summed E-state index contributed by atoms with van der Waals surface area (Å²) in [7, 11) is 0. The molecule has 1 amide bonds. The van der Waals surface area contributed by atoms with Crippen LogP contribution in [0.4, 0.5) is 4.79 Å². The molecule has 0 atom stereocenters. The van der Waals surface area contributed by atoms with E-state index in [1.807, 2.05) is 44.2 Å². The molecule has 23 heavy (non-hydrogen) atoms. The van der Waals surface area contributed by atoms with Crippen molar-refractivity contribution in [1.82, 2.24) is 5.32 Å². The van der Waals surface area contributed by atoms with Crippen LogP contribution < -0.4 is 5.32 Å². The number of carbonyl (C=O) groups is 1. The molecule has 1 aliphatic carbocycles. The molecule has 0 heterocycles. The summed E-state index contributed by atoms with van der Waals surface area (Å²) < 4.78 is 16.3. The van der Waals surface area contributed by atoms with Crippen LogP contribution in [0.1, 0.15) is 38.7 Å². The lowest BCUT2D eigenvalue weighted by atomic mass is 9.78. The van der Waals surface area contributed by atoms with Gasteiger partial charge < -0.3 is 19.5 Å². The number of hydrogen-bond donors (Lipinski definition) is 1. The van der Waals surface area contributed by atoms with Crippen molar-refractivity contribution in [3.05, 3.63) is 35.9 Å². The maximum atomic E-state index is 11.8. The molecule has 5 heteroatoms. The zero-order chi connectivity index (χ0) is 16.5. The van der Waals surface area contributed by atoms with E-state index in [0.29, 0.717) is 25.7 Å². The van der Waals surface area contributed by atoms with Crippen molar-refractivity contribution in [1.29, 1.82) is 0 Å². The van der Waals surface area contributed by atoms with Crippen molar-refractivity contribution in [3.63, 3.8) is 0 Å². The fourth-order valence-electron chi connectivity index (χ4n) is 2.81. The Kier molecular flexibility index (Phi) is 7.36. The van der Waals surface area contributed by atoms with E-state index >= 15 is 0 Å². The molecule has 2 rings (SSSR count). The van der Waals surface area contributed by atoms with E-state index in [1.54, 1.807) is 0 Å². The summed E-state index contributed by atoms with van der Waals surface area (Å²) in [5.74, 6) is 0.539. The highest BCUT2D eigenvalue weighted by atomic mass is 16.7. The molecule has 0 aromatic heterocycles. The zero-order valence-corrected chi connectivity index (χ0v) is 14.0. The lowest BCUT2D eigenvalue weighted by Crippen LogP contribution is -2.45. The number of benzene rings is 1. The molecule has 0 spiro atoms. The quantitative estimate of drug-likeness (QED) is 0.708. The predicted molar refractivity (Wildman–Crippen MR) is 87.9 cm³/mol. The molecule has 0 saturated heterocycles. The highest BCUT2D eigenvalue weighted by molar-refractivity contribution is 5.67. The molecular weight excluding hydrogens is 294 g/mol. The second-order valence-electron chi connectivity index (χ2n) is 5.82. The van der Waals surface area contributed by atoms with Gasteiger partial charge in [0.2, 0.25) is 0 Å². The summed E-state index contributed by atoms with van der Waals surface area (Å²) in [5.41, 5.74) is 0.991. The first-order valence-electron chi connectivity index (χ1n) is 8.41. The molecule has 1 saturated carbocycles. The molecule has 1 aromatic rings. The van der Waals surface area contributed by atoms with E-state index < -0.39 is 0 Å². The Morgan fingerprint density at radius 2 is 1.83 bits per heavy atom. The molecule has 1 N–H and O–H groups in total. The topological polar surface area (TPSA) is 56.8 Å². The minimum absolute atomic E-state index is 0.124. The van der Waals surface area contributed by atoms with Gasteiger partial charge in [-0.3, -0.25) is 0 Å². The maximum absolute atomic E-state index is 11.8. The standard InChI is InChI=1S/C18H27NO4/c1-3-21-17(22-4-2)12-15-10-16(11-15)19-18(20)23-13-14-8-6-5-7-9-14/h5-9,15-17H,3-4,10-13H2,1-2H3,(H,19,20). The minimum atomic E-state index is -0.344. The molecule has 1 fully saturated rings. The number of rotatable bonds is 9. The molecular formula is C18H27NO4. The van der Waals surface area contributed by atoms with Crippen molar-refractivity contribution >= 4 is 6.09 Å². The predicted octanol–water partition coefficient (Wildman–Crippen LogP) is 3.48. The van der Waals surface area contributed by atoms with E-state index in [2.05, 4.69) is 5.32 Å². The van der Waals surface area contributed by atoms with Gasteiger partial charge in [0, 0.05) is 25.7 Å². The van der Waals surface area contributed by atoms with Gasteiger partial charge in [-0.1, -0.05) is 30.3 Å². The van der Waals surface area contributed by atoms with Crippen LogP contribution in [0.15, 0.2) is 30.3 Å². The zero-order valence-electron chi connectivity index (χ0n) is 14.0. The Morgan fingerprint density at radius 1 is 1.17 bits per heavy atom. The summed E-state index contributed by atoms with van der Waals surface area (Å²) in [5, 5.41) is 2.91. The van der Waals surface area contributed by atoms with E-state index in [4.69, 9.17) is 14.2 Å². The van der Waals surface area contributed by atoms with E-state index in [-0.39, 0.29) is 18.4 Å². The molecule has 1 aliphatic rings. The third-order valence-corrected chi connectivity index (χ3v) is 4.00. The summed E-state index contributed by atoms with van der Waals surface area (Å²) in [4.78, 5) is 11.8. The number of amides is 1. The lowest BCUT2D eigenvalue weighted by molar-refractivity contribution is -0.150. The third kappa shape index (κ3) is 6.20. The molecule has 0 radical (unpaired) electrons. The van der Waals surface area contributed by atoms with Gasteiger partial charge in [0.1, 0.15) is 6.61 Å². The first kappa shape index (κ1) is 17.8. The Morgan fingerprint density at radius 3 is 2.43 bits per heavy atom. The monoisotopic (exact) mass is 321 g/mol. The van der Waals surface area contributed by atoms with Crippen LogP contribution in [0.25, 0.3) is 0 Å². The van der Waals surface area contributed by atoms with Gasteiger partial charge in [-0.2, -0.15) is 0 Å². The first-order chi connectivity index (χ1) is 11.2. The number of hydrogen-bond acceptors (Lipinski definition) is 4. The van der Waals surface area contributed by atoms with Crippen LogP contribution >= 0.6 is 0 Å². The first-order valence-corrected chi connectivity index (χ1v) is 8.41. The smallest absolute Gasteiger partial charge is 0.407 e. The van der Waals surface area contributed by atoms with Crippen molar-refractivity contribution in [2.75, 3.05) is 13.2 Å². The van der Waals surface area contributed by atoms with Gasteiger partial charge in [-0.15, -0.1) is 0 Å². The van der Waals surface area contributed by atoms with Gasteiger partial charge in [-0.25, -0.2) is 4.79 Å². The van der Waals surface area contributed by atoms with E-state index in [0.717, 1.165) is 24.8 Å². The molecule has 0 unspecified atom stereocenters. The number of nitrogens with one attached hydrogen (secondary N) is 1. The van der Waals surface area contributed by atoms with E-state index in [1.165, 1.54) is 0 Å². The second-order valence-corrected chi connectivity index (χ2v) is 5.82. The summed E-state index contributed by atoms with van der Waals surface area (Å²) in [6.45, 7) is 5.56. The lowest BCUT2D eigenvalue weighted by Gasteiger charge is -2.37. The average molecular weight is 321 g/mol. The summed E-state index contributed by atoms with van der Waals surface area (Å²) in [6.07, 6.45) is 2.33. The number of carbonyl (C=O) groups excluding carboxylic acids is 1. The molecule has 1 aromatic carbocycles. The van der Waals surface area contributed by atoms with Gasteiger partial charge in [0.05, 0.1) is 0 Å². The third-order valence-electron chi connectivity index (χ3n) is 4.00. The van der Waals surface area contributed by atoms with Crippen LogP contribution in [0.2, 0.25) is 0 Å². The molecule has 0 bridgehead atoms. The van der Waals surface area contributed by atoms with E-state index in [9.17, 15) is 4.79 Å². The largest absolute Gasteiger partial charge is 0.445 e. The van der Waals surface area contributed by atoms with Crippen LogP contribution in [-0.4, -0.2) is 31.6 Å². The summed E-state index contributed by atoms with van der Waals surface area (Å²) >= 11 is 0. The van der Waals surface area contributed by atoms with Crippen LogP contribution in [0.5, 0.6) is 0 Å². The van der Waals surface area contributed by atoms with Gasteiger partial charge in [0.15, 0.2) is 6.29 Å². The Labute approximate surface area is 138 Å². The highest BCUT2D eigenvalue weighted by Gasteiger charge is 2.32. The molecule has 128 valence electrons. The average Bonchev–Trinajstić information content (AvgIpc) is 2.52. The Balaban J connectivity index is 1.60.